The first-order valence-corrected chi connectivity index (χ1v) is 9.06. The summed E-state index contributed by atoms with van der Waals surface area (Å²) in [4.78, 5) is 12.0. The molecule has 0 amide bonds. The molecule has 2 rings (SSSR count). The number of pyridine rings is 1. The van der Waals surface area contributed by atoms with E-state index >= 15 is 0 Å². The lowest BCUT2D eigenvalue weighted by molar-refractivity contribution is 0.326. The van der Waals surface area contributed by atoms with E-state index < -0.39 is 0 Å². The van der Waals surface area contributed by atoms with Crippen molar-refractivity contribution in [2.45, 2.75) is 13.5 Å². The lowest BCUT2D eigenvalue weighted by atomic mass is 10.4. The van der Waals surface area contributed by atoms with E-state index in [9.17, 15) is 0 Å². The minimum absolute atomic E-state index is 0.527. The fraction of sp³-hybridized carbons (Fsp3) is 0.375. The van der Waals surface area contributed by atoms with Crippen molar-refractivity contribution in [1.29, 1.82) is 0 Å². The van der Waals surface area contributed by atoms with Crippen LogP contribution in [0.15, 0.2) is 45.4 Å². The SMILES string of the molecule is CCNC(=NCCOc1cccnc1)N(C)Cc1ccc(Br)s1. The quantitative estimate of drug-likeness (QED) is 0.442. The molecule has 124 valence electrons. The summed E-state index contributed by atoms with van der Waals surface area (Å²) in [5.74, 6) is 1.65. The van der Waals surface area contributed by atoms with Gasteiger partial charge in [-0.25, -0.2) is 4.99 Å². The van der Waals surface area contributed by atoms with Crippen LogP contribution in [0, 0.1) is 0 Å². The summed E-state index contributed by atoms with van der Waals surface area (Å²) in [5.41, 5.74) is 0. The first-order chi connectivity index (χ1) is 11.2. The Morgan fingerprint density at radius 1 is 1.43 bits per heavy atom. The molecule has 2 heterocycles. The number of aliphatic imine (C=N–C) groups is 1. The lowest BCUT2D eigenvalue weighted by Crippen LogP contribution is -2.38. The summed E-state index contributed by atoms with van der Waals surface area (Å²) in [7, 11) is 2.04. The van der Waals surface area contributed by atoms with Crippen LogP contribution >= 0.6 is 27.3 Å². The minimum Gasteiger partial charge on any atom is -0.490 e. The average Bonchev–Trinajstić information content (AvgIpc) is 2.96. The van der Waals surface area contributed by atoms with Crippen LogP contribution in [0.4, 0.5) is 0 Å². The van der Waals surface area contributed by atoms with E-state index in [2.05, 4.69) is 55.2 Å². The van der Waals surface area contributed by atoms with Gasteiger partial charge in [0.15, 0.2) is 5.96 Å². The second-order valence-corrected chi connectivity index (χ2v) is 7.38. The van der Waals surface area contributed by atoms with E-state index in [0.29, 0.717) is 13.2 Å². The standard InChI is InChI=1S/C16H21BrN4OS/c1-3-19-16(21(2)12-14-6-7-15(17)23-14)20-9-10-22-13-5-4-8-18-11-13/h4-8,11H,3,9-10,12H2,1-2H3,(H,19,20). The van der Waals surface area contributed by atoms with Crippen molar-refractivity contribution in [3.63, 3.8) is 0 Å². The van der Waals surface area contributed by atoms with E-state index in [4.69, 9.17) is 4.74 Å². The van der Waals surface area contributed by atoms with E-state index in [1.807, 2.05) is 19.2 Å². The second-order valence-electron chi connectivity index (χ2n) is 4.83. The molecule has 0 bridgehead atoms. The van der Waals surface area contributed by atoms with Gasteiger partial charge in [-0.05, 0) is 47.1 Å². The van der Waals surface area contributed by atoms with Crippen LogP contribution in [0.25, 0.3) is 0 Å². The number of rotatable bonds is 7. The van der Waals surface area contributed by atoms with Crippen LogP contribution in [0.1, 0.15) is 11.8 Å². The van der Waals surface area contributed by atoms with Crippen LogP contribution in [0.2, 0.25) is 0 Å². The number of hydrogen-bond donors (Lipinski definition) is 1. The average molecular weight is 397 g/mol. The highest BCUT2D eigenvalue weighted by Gasteiger charge is 2.07. The monoisotopic (exact) mass is 396 g/mol. The first-order valence-electron chi connectivity index (χ1n) is 7.45. The van der Waals surface area contributed by atoms with Gasteiger partial charge in [-0.2, -0.15) is 0 Å². The fourth-order valence-corrected chi connectivity index (χ4v) is 3.50. The molecule has 2 aromatic rings. The number of nitrogens with zero attached hydrogens (tertiary/aromatic N) is 3. The Morgan fingerprint density at radius 2 is 2.30 bits per heavy atom. The van der Waals surface area contributed by atoms with Crippen LogP contribution in [0.5, 0.6) is 5.75 Å². The molecule has 0 saturated carbocycles. The highest BCUT2D eigenvalue weighted by molar-refractivity contribution is 9.11. The predicted octanol–water partition coefficient (Wildman–Crippen LogP) is 3.38. The van der Waals surface area contributed by atoms with Gasteiger partial charge in [-0.1, -0.05) is 0 Å². The molecule has 0 aliphatic heterocycles. The van der Waals surface area contributed by atoms with E-state index in [1.54, 1.807) is 23.7 Å². The topological polar surface area (TPSA) is 49.8 Å². The van der Waals surface area contributed by atoms with Gasteiger partial charge in [0.05, 0.1) is 23.1 Å². The summed E-state index contributed by atoms with van der Waals surface area (Å²) in [6.07, 6.45) is 3.43. The Hall–Kier alpha value is -1.60. The Balaban J connectivity index is 1.85. The summed E-state index contributed by atoms with van der Waals surface area (Å²) >= 11 is 5.23. The largest absolute Gasteiger partial charge is 0.490 e. The summed E-state index contributed by atoms with van der Waals surface area (Å²) in [6.45, 7) is 4.85. The van der Waals surface area contributed by atoms with Crippen molar-refractivity contribution in [3.8, 4) is 5.75 Å². The Bertz CT molecular complexity index is 618. The van der Waals surface area contributed by atoms with Gasteiger partial charge in [0.25, 0.3) is 0 Å². The fourth-order valence-electron chi connectivity index (χ4n) is 1.96. The van der Waals surface area contributed by atoms with Crippen molar-refractivity contribution in [1.82, 2.24) is 15.2 Å². The van der Waals surface area contributed by atoms with Gasteiger partial charge in [0, 0.05) is 24.7 Å². The van der Waals surface area contributed by atoms with Crippen LogP contribution in [-0.2, 0) is 6.54 Å². The second kappa shape index (κ2) is 9.52. The normalized spacial score (nSPS) is 11.3. The molecule has 0 saturated heterocycles. The molecule has 1 N–H and O–H groups in total. The molecule has 0 atom stereocenters. The maximum Gasteiger partial charge on any atom is 0.194 e. The van der Waals surface area contributed by atoms with E-state index in [0.717, 1.165) is 28.6 Å². The van der Waals surface area contributed by atoms with Crippen LogP contribution < -0.4 is 10.1 Å². The molecular weight excluding hydrogens is 376 g/mol. The van der Waals surface area contributed by atoms with Gasteiger partial charge in [-0.3, -0.25) is 4.98 Å². The molecule has 5 nitrogen and oxygen atoms in total. The van der Waals surface area contributed by atoms with Crippen molar-refractivity contribution in [3.05, 3.63) is 45.3 Å². The number of guanidine groups is 1. The molecular formula is C16H21BrN4OS. The molecule has 0 aromatic carbocycles. The third-order valence-electron chi connectivity index (χ3n) is 2.97. The Labute approximate surface area is 149 Å². The molecule has 0 radical (unpaired) electrons. The smallest absolute Gasteiger partial charge is 0.194 e. The van der Waals surface area contributed by atoms with Crippen molar-refractivity contribution < 1.29 is 4.74 Å². The Kier molecular flexibility index (Phi) is 7.35. The molecule has 2 aromatic heterocycles. The Morgan fingerprint density at radius 3 is 2.96 bits per heavy atom. The molecule has 0 aliphatic rings. The zero-order valence-corrected chi connectivity index (χ0v) is 15.7. The number of halogens is 1. The molecule has 0 spiro atoms. The van der Waals surface area contributed by atoms with E-state index in [1.165, 1.54) is 4.88 Å². The van der Waals surface area contributed by atoms with Gasteiger partial charge >= 0.3 is 0 Å². The number of nitrogens with one attached hydrogen (secondary N) is 1. The molecule has 23 heavy (non-hydrogen) atoms. The maximum atomic E-state index is 5.62. The van der Waals surface area contributed by atoms with Gasteiger partial charge in [0.1, 0.15) is 12.4 Å². The summed E-state index contributed by atoms with van der Waals surface area (Å²) in [5, 5.41) is 3.31. The van der Waals surface area contributed by atoms with E-state index in [-0.39, 0.29) is 0 Å². The van der Waals surface area contributed by atoms with Crippen molar-refractivity contribution in [2.24, 2.45) is 4.99 Å². The molecule has 7 heteroatoms. The molecule has 0 fully saturated rings. The van der Waals surface area contributed by atoms with Gasteiger partial charge < -0.3 is 15.0 Å². The predicted molar refractivity (Wildman–Crippen MR) is 99.2 cm³/mol. The number of ether oxygens (including phenoxy) is 1. The minimum atomic E-state index is 0.527. The number of aromatic nitrogens is 1. The zero-order chi connectivity index (χ0) is 16.5. The molecule has 0 aliphatic carbocycles. The summed E-state index contributed by atoms with van der Waals surface area (Å²) < 4.78 is 6.76. The van der Waals surface area contributed by atoms with Crippen molar-refractivity contribution in [2.75, 3.05) is 26.7 Å². The highest BCUT2D eigenvalue weighted by atomic mass is 79.9. The van der Waals surface area contributed by atoms with Gasteiger partial charge in [0.2, 0.25) is 0 Å². The third-order valence-corrected chi connectivity index (χ3v) is 4.58. The highest BCUT2D eigenvalue weighted by Crippen LogP contribution is 2.22. The maximum absolute atomic E-state index is 5.62. The van der Waals surface area contributed by atoms with Crippen LogP contribution in [-0.4, -0.2) is 42.6 Å². The summed E-state index contributed by atoms with van der Waals surface area (Å²) in [6, 6.07) is 7.94. The van der Waals surface area contributed by atoms with Crippen molar-refractivity contribution >= 4 is 33.2 Å². The lowest BCUT2D eigenvalue weighted by Gasteiger charge is -2.21. The molecule has 0 unspecified atom stereocenters. The number of thiophene rings is 1. The number of hydrogen-bond acceptors (Lipinski definition) is 4. The van der Waals surface area contributed by atoms with Gasteiger partial charge in [-0.15, -0.1) is 11.3 Å². The third kappa shape index (κ3) is 6.19. The first kappa shape index (κ1) is 17.7. The zero-order valence-electron chi connectivity index (χ0n) is 13.3. The van der Waals surface area contributed by atoms with Crippen LogP contribution in [0.3, 0.4) is 0 Å².